The van der Waals surface area contributed by atoms with Gasteiger partial charge in [0.05, 0.1) is 18.2 Å². The minimum Gasteiger partial charge on any atom is -0.487 e. The molecule has 2 amide bonds. The second-order valence-electron chi connectivity index (χ2n) is 8.39. The van der Waals surface area contributed by atoms with Crippen LogP contribution in [0.3, 0.4) is 0 Å². The van der Waals surface area contributed by atoms with Crippen molar-refractivity contribution in [2.24, 2.45) is 0 Å². The molecule has 1 atom stereocenters. The Morgan fingerprint density at radius 1 is 1.27 bits per heavy atom. The van der Waals surface area contributed by atoms with Crippen molar-refractivity contribution in [3.63, 3.8) is 0 Å². The van der Waals surface area contributed by atoms with Gasteiger partial charge in [0.2, 0.25) is 0 Å². The van der Waals surface area contributed by atoms with E-state index >= 15 is 0 Å². The second kappa shape index (κ2) is 8.70. The van der Waals surface area contributed by atoms with Gasteiger partial charge in [0.25, 0.3) is 5.91 Å². The van der Waals surface area contributed by atoms with Gasteiger partial charge in [-0.2, -0.15) is 0 Å². The summed E-state index contributed by atoms with van der Waals surface area (Å²) in [7, 11) is 0. The Kier molecular flexibility index (Phi) is 5.74. The van der Waals surface area contributed by atoms with Crippen LogP contribution in [0.15, 0.2) is 51.7 Å². The number of nitrogens with zero attached hydrogens (tertiary/aromatic N) is 2. The molecule has 8 nitrogen and oxygen atoms in total. The van der Waals surface area contributed by atoms with Gasteiger partial charge in [-0.3, -0.25) is 4.79 Å². The lowest BCUT2D eigenvalue weighted by atomic mass is 9.80. The van der Waals surface area contributed by atoms with Crippen LogP contribution in [0.4, 0.5) is 4.79 Å². The fourth-order valence-electron chi connectivity index (χ4n) is 4.69. The maximum absolute atomic E-state index is 13.3. The van der Waals surface area contributed by atoms with Gasteiger partial charge < -0.3 is 24.1 Å². The number of carbonyl (C=O) groups is 2. The third kappa shape index (κ3) is 4.17. The van der Waals surface area contributed by atoms with E-state index in [-0.39, 0.29) is 18.0 Å². The molecule has 3 aromatic rings. The predicted octanol–water partition coefficient (Wildman–Crippen LogP) is 4.84. The van der Waals surface area contributed by atoms with Crippen LogP contribution < -0.4 is 10.1 Å². The van der Waals surface area contributed by atoms with Gasteiger partial charge in [0, 0.05) is 42.4 Å². The lowest BCUT2D eigenvalue weighted by Crippen LogP contribution is -2.53. The maximum atomic E-state index is 13.3. The number of fused-ring (bicyclic) bond motifs is 2. The molecule has 33 heavy (non-hydrogen) atoms. The number of piperidine rings is 1. The number of nitrogens with one attached hydrogen (secondary N) is 1. The van der Waals surface area contributed by atoms with E-state index in [1.165, 1.54) is 6.39 Å². The van der Waals surface area contributed by atoms with Crippen molar-refractivity contribution in [2.45, 2.75) is 37.8 Å². The lowest BCUT2D eigenvalue weighted by Gasteiger charge is -2.46. The van der Waals surface area contributed by atoms with Crippen molar-refractivity contribution in [3.8, 4) is 5.75 Å². The summed E-state index contributed by atoms with van der Waals surface area (Å²) in [5.74, 6) is 0.533. The second-order valence-corrected chi connectivity index (χ2v) is 9.30. The molecule has 2 aromatic carbocycles. The number of ether oxygens (including phenoxy) is 2. The fourth-order valence-corrected chi connectivity index (χ4v) is 5.07. The molecule has 1 N–H and O–H groups in total. The average molecular weight is 514 g/mol. The van der Waals surface area contributed by atoms with Crippen molar-refractivity contribution < 1.29 is 23.5 Å². The van der Waals surface area contributed by atoms with E-state index in [2.05, 4.69) is 26.2 Å². The van der Waals surface area contributed by atoms with Crippen LogP contribution in [-0.2, 0) is 4.74 Å². The molecule has 1 saturated heterocycles. The molecule has 0 aliphatic carbocycles. The number of hydrogen-bond donors (Lipinski definition) is 1. The zero-order valence-corrected chi connectivity index (χ0v) is 19.8. The molecule has 3 heterocycles. The highest BCUT2D eigenvalue weighted by atomic mass is 79.9. The zero-order chi connectivity index (χ0) is 23.0. The molecule has 5 rings (SSSR count). The minimum atomic E-state index is -0.471. The Labute approximate surface area is 199 Å². The average Bonchev–Trinajstić information content (AvgIpc) is 3.29. The fraction of sp³-hybridized carbons (Fsp3) is 0.375. The number of benzene rings is 2. The van der Waals surface area contributed by atoms with Crippen LogP contribution in [0.1, 0.15) is 48.1 Å². The van der Waals surface area contributed by atoms with Crippen LogP contribution in [0.2, 0.25) is 0 Å². The Hall–Kier alpha value is -3.07. The molecule has 1 spiro atoms. The summed E-state index contributed by atoms with van der Waals surface area (Å²) in [4.78, 5) is 31.4. The molecule has 2 aliphatic heterocycles. The summed E-state index contributed by atoms with van der Waals surface area (Å²) in [5.41, 5.74) is 2.02. The molecule has 0 bridgehead atoms. The highest BCUT2D eigenvalue weighted by molar-refractivity contribution is 9.10. The summed E-state index contributed by atoms with van der Waals surface area (Å²) in [6.45, 7) is 3.24. The smallest absolute Gasteiger partial charge is 0.409 e. The summed E-state index contributed by atoms with van der Waals surface area (Å²) in [6.07, 6.45) is 2.97. The highest BCUT2D eigenvalue weighted by Crippen LogP contribution is 2.45. The third-order valence-electron chi connectivity index (χ3n) is 6.36. The summed E-state index contributed by atoms with van der Waals surface area (Å²) < 4.78 is 17.9. The van der Waals surface area contributed by atoms with E-state index < -0.39 is 5.60 Å². The number of aromatic nitrogens is 1. The van der Waals surface area contributed by atoms with Crippen molar-refractivity contribution >= 4 is 39.0 Å². The van der Waals surface area contributed by atoms with Gasteiger partial charge in [-0.15, -0.1) is 0 Å². The Morgan fingerprint density at radius 2 is 2.09 bits per heavy atom. The molecule has 1 aromatic heterocycles. The van der Waals surface area contributed by atoms with E-state index in [4.69, 9.17) is 13.9 Å². The van der Waals surface area contributed by atoms with E-state index in [0.29, 0.717) is 55.6 Å². The molecular formula is C24H24BrN3O5. The van der Waals surface area contributed by atoms with Crippen LogP contribution >= 0.6 is 15.9 Å². The molecule has 172 valence electrons. The summed E-state index contributed by atoms with van der Waals surface area (Å²) in [5, 5.41) is 3.20. The maximum Gasteiger partial charge on any atom is 0.409 e. The topological polar surface area (TPSA) is 93.9 Å². The molecule has 9 heteroatoms. The van der Waals surface area contributed by atoms with E-state index in [1.54, 1.807) is 30.0 Å². The van der Waals surface area contributed by atoms with Crippen molar-refractivity contribution in [2.75, 3.05) is 19.7 Å². The van der Waals surface area contributed by atoms with Crippen molar-refractivity contribution in [1.29, 1.82) is 0 Å². The third-order valence-corrected chi connectivity index (χ3v) is 6.85. The van der Waals surface area contributed by atoms with Gasteiger partial charge >= 0.3 is 6.09 Å². The predicted molar refractivity (Wildman–Crippen MR) is 124 cm³/mol. The van der Waals surface area contributed by atoms with Crippen LogP contribution in [0, 0.1) is 0 Å². The van der Waals surface area contributed by atoms with E-state index in [9.17, 15) is 9.59 Å². The number of likely N-dealkylation sites (tertiary alicyclic amines) is 1. The Balaban J connectivity index is 1.41. The first-order valence-electron chi connectivity index (χ1n) is 11.0. The highest BCUT2D eigenvalue weighted by Gasteiger charge is 2.44. The standard InChI is InChI=1S/C24H24BrN3O5/c1-2-31-23(30)28-10-8-24(9-11-28)13-18(17-12-15(25)6-7-19(17)33-24)27-22(29)16-4-3-5-20-21(16)26-14-32-20/h3-7,12,14,18H,2,8-11,13H2,1H3,(H,27,29)/t18-/m0/s1. The van der Waals surface area contributed by atoms with E-state index in [1.807, 2.05) is 18.2 Å². The molecular weight excluding hydrogens is 490 g/mol. The number of halogens is 1. The van der Waals surface area contributed by atoms with Crippen LogP contribution in [0.5, 0.6) is 5.75 Å². The largest absolute Gasteiger partial charge is 0.487 e. The SMILES string of the molecule is CCOC(=O)N1CCC2(CC1)C[C@H](NC(=O)c1cccc3ocnc13)c1cc(Br)ccc1O2. The van der Waals surface area contributed by atoms with E-state index in [0.717, 1.165) is 15.8 Å². The number of rotatable bonds is 3. The molecule has 2 aliphatic rings. The van der Waals surface area contributed by atoms with Gasteiger partial charge in [-0.25, -0.2) is 9.78 Å². The van der Waals surface area contributed by atoms with Gasteiger partial charge in [-0.05, 0) is 37.3 Å². The molecule has 0 radical (unpaired) electrons. The van der Waals surface area contributed by atoms with Gasteiger partial charge in [0.15, 0.2) is 12.0 Å². The Morgan fingerprint density at radius 3 is 2.88 bits per heavy atom. The number of carbonyl (C=O) groups excluding carboxylic acids is 2. The quantitative estimate of drug-likeness (QED) is 0.538. The molecule has 0 unspecified atom stereocenters. The minimum absolute atomic E-state index is 0.216. The summed E-state index contributed by atoms with van der Waals surface area (Å²) in [6, 6.07) is 10.9. The van der Waals surface area contributed by atoms with Crippen LogP contribution in [0.25, 0.3) is 11.1 Å². The first kappa shape index (κ1) is 21.8. The lowest BCUT2D eigenvalue weighted by molar-refractivity contribution is -0.0233. The first-order chi connectivity index (χ1) is 16.0. The molecule has 1 fully saturated rings. The number of para-hydroxylation sites is 1. The first-order valence-corrected chi connectivity index (χ1v) is 11.8. The number of amides is 2. The normalized spacial score (nSPS) is 19.1. The van der Waals surface area contributed by atoms with Crippen LogP contribution in [-0.4, -0.2) is 47.2 Å². The number of hydrogen-bond acceptors (Lipinski definition) is 6. The Bertz CT molecular complexity index is 1200. The van der Waals surface area contributed by atoms with Crippen molar-refractivity contribution in [1.82, 2.24) is 15.2 Å². The van der Waals surface area contributed by atoms with Gasteiger partial charge in [0.1, 0.15) is 16.9 Å². The zero-order valence-electron chi connectivity index (χ0n) is 18.2. The van der Waals surface area contributed by atoms with Gasteiger partial charge in [-0.1, -0.05) is 22.0 Å². The van der Waals surface area contributed by atoms with Crippen molar-refractivity contribution in [3.05, 3.63) is 58.4 Å². The monoisotopic (exact) mass is 513 g/mol. The molecule has 0 saturated carbocycles. The number of oxazole rings is 1. The summed E-state index contributed by atoms with van der Waals surface area (Å²) >= 11 is 3.53.